The molecular formula is C16H19ClN4O2. The van der Waals surface area contributed by atoms with Crippen molar-refractivity contribution in [1.82, 2.24) is 10.3 Å². The zero-order valence-corrected chi connectivity index (χ0v) is 13.9. The summed E-state index contributed by atoms with van der Waals surface area (Å²) in [5, 5.41) is 9.09. The van der Waals surface area contributed by atoms with Gasteiger partial charge in [0.25, 0.3) is 0 Å². The largest absolute Gasteiger partial charge is 0.495 e. The van der Waals surface area contributed by atoms with Crippen LogP contribution in [0, 0.1) is 0 Å². The Labute approximate surface area is 140 Å². The van der Waals surface area contributed by atoms with Crippen molar-refractivity contribution in [2.24, 2.45) is 0 Å². The molecule has 2 aromatic rings. The van der Waals surface area contributed by atoms with Gasteiger partial charge in [-0.05, 0) is 44.2 Å². The molecule has 0 fully saturated rings. The van der Waals surface area contributed by atoms with E-state index < -0.39 is 0 Å². The van der Waals surface area contributed by atoms with Crippen LogP contribution >= 0.6 is 11.6 Å². The van der Waals surface area contributed by atoms with E-state index in [9.17, 15) is 4.79 Å². The number of urea groups is 1. The first-order valence-electron chi connectivity index (χ1n) is 7.12. The fourth-order valence-corrected chi connectivity index (χ4v) is 2.12. The standard InChI is InChI=1S/C16H19ClN4O2/c1-10(2)19-16(22)21-15-7-5-12(9-18-15)20-11-4-6-14(23-3)13(17)8-11/h4-10,20H,1-3H3,(H2,18,19,21,22). The second-order valence-corrected chi connectivity index (χ2v) is 5.57. The topological polar surface area (TPSA) is 75.3 Å². The Hall–Kier alpha value is -2.47. The molecular weight excluding hydrogens is 316 g/mol. The number of pyridine rings is 1. The first-order valence-corrected chi connectivity index (χ1v) is 7.50. The van der Waals surface area contributed by atoms with Gasteiger partial charge in [0.05, 0.1) is 24.0 Å². The van der Waals surface area contributed by atoms with Crippen molar-refractivity contribution >= 4 is 34.8 Å². The van der Waals surface area contributed by atoms with E-state index in [1.807, 2.05) is 26.0 Å². The van der Waals surface area contributed by atoms with Gasteiger partial charge in [-0.25, -0.2) is 9.78 Å². The second kappa shape index (κ2) is 7.69. The molecule has 0 aliphatic carbocycles. The van der Waals surface area contributed by atoms with Crippen LogP contribution in [0.1, 0.15) is 13.8 Å². The van der Waals surface area contributed by atoms with Crippen LogP contribution in [-0.2, 0) is 0 Å². The molecule has 0 aliphatic heterocycles. The molecule has 23 heavy (non-hydrogen) atoms. The van der Waals surface area contributed by atoms with Crippen molar-refractivity contribution in [3.8, 4) is 5.75 Å². The number of methoxy groups -OCH3 is 1. The first-order chi connectivity index (χ1) is 11.0. The molecule has 0 bridgehead atoms. The highest BCUT2D eigenvalue weighted by Crippen LogP contribution is 2.28. The van der Waals surface area contributed by atoms with Gasteiger partial charge in [0.1, 0.15) is 11.6 Å². The van der Waals surface area contributed by atoms with E-state index in [0.717, 1.165) is 11.4 Å². The molecule has 0 saturated heterocycles. The third kappa shape index (κ3) is 5.03. The number of hydrogen-bond acceptors (Lipinski definition) is 4. The fraction of sp³-hybridized carbons (Fsp3) is 0.250. The fourth-order valence-electron chi connectivity index (χ4n) is 1.87. The van der Waals surface area contributed by atoms with Gasteiger partial charge >= 0.3 is 6.03 Å². The predicted molar refractivity (Wildman–Crippen MR) is 92.8 cm³/mol. The van der Waals surface area contributed by atoms with Crippen molar-refractivity contribution in [2.75, 3.05) is 17.7 Å². The number of ether oxygens (including phenoxy) is 1. The Morgan fingerprint density at radius 1 is 1.22 bits per heavy atom. The number of halogens is 1. The quantitative estimate of drug-likeness (QED) is 0.772. The average Bonchev–Trinajstić information content (AvgIpc) is 2.48. The van der Waals surface area contributed by atoms with Gasteiger partial charge in [-0.2, -0.15) is 0 Å². The van der Waals surface area contributed by atoms with Crippen LogP contribution in [0.3, 0.4) is 0 Å². The Balaban J connectivity index is 2.00. The molecule has 0 aliphatic rings. The second-order valence-electron chi connectivity index (χ2n) is 5.16. The van der Waals surface area contributed by atoms with E-state index in [-0.39, 0.29) is 12.1 Å². The molecule has 2 amide bonds. The van der Waals surface area contributed by atoms with Crippen LogP contribution in [0.4, 0.5) is 22.0 Å². The van der Waals surface area contributed by atoms with Gasteiger partial charge in [0.2, 0.25) is 0 Å². The summed E-state index contributed by atoms with van der Waals surface area (Å²) in [7, 11) is 1.57. The number of carbonyl (C=O) groups is 1. The Morgan fingerprint density at radius 2 is 1.96 bits per heavy atom. The lowest BCUT2D eigenvalue weighted by atomic mass is 10.3. The lowest BCUT2D eigenvalue weighted by Gasteiger charge is -2.11. The summed E-state index contributed by atoms with van der Waals surface area (Å²) in [6.45, 7) is 3.78. The molecule has 0 spiro atoms. The number of rotatable bonds is 5. The van der Waals surface area contributed by atoms with E-state index in [1.165, 1.54) is 0 Å². The van der Waals surface area contributed by atoms with E-state index in [4.69, 9.17) is 16.3 Å². The van der Waals surface area contributed by atoms with Crippen molar-refractivity contribution in [3.05, 3.63) is 41.6 Å². The number of nitrogens with zero attached hydrogens (tertiary/aromatic N) is 1. The number of nitrogens with one attached hydrogen (secondary N) is 3. The maximum Gasteiger partial charge on any atom is 0.320 e. The summed E-state index contributed by atoms with van der Waals surface area (Å²) in [5.41, 5.74) is 1.59. The van der Waals surface area contributed by atoms with Crippen LogP contribution in [0.2, 0.25) is 5.02 Å². The molecule has 1 aromatic heterocycles. The van der Waals surface area contributed by atoms with Crippen LogP contribution in [0.25, 0.3) is 0 Å². The normalized spacial score (nSPS) is 10.3. The highest BCUT2D eigenvalue weighted by molar-refractivity contribution is 6.32. The van der Waals surface area contributed by atoms with E-state index in [2.05, 4.69) is 20.9 Å². The molecule has 1 aromatic carbocycles. The summed E-state index contributed by atoms with van der Waals surface area (Å²) in [5.74, 6) is 1.09. The first kappa shape index (κ1) is 16.9. The highest BCUT2D eigenvalue weighted by atomic mass is 35.5. The minimum atomic E-state index is -0.282. The summed E-state index contributed by atoms with van der Waals surface area (Å²) in [4.78, 5) is 15.8. The van der Waals surface area contributed by atoms with Crippen LogP contribution in [0.15, 0.2) is 36.5 Å². The van der Waals surface area contributed by atoms with Crippen molar-refractivity contribution in [3.63, 3.8) is 0 Å². The summed E-state index contributed by atoms with van der Waals surface area (Å²) < 4.78 is 5.11. The number of benzene rings is 1. The third-order valence-corrected chi connectivity index (χ3v) is 3.16. The molecule has 0 radical (unpaired) electrons. The number of amides is 2. The van der Waals surface area contributed by atoms with Gasteiger partial charge in [-0.1, -0.05) is 11.6 Å². The molecule has 0 atom stereocenters. The van der Waals surface area contributed by atoms with Crippen molar-refractivity contribution < 1.29 is 9.53 Å². The molecule has 0 unspecified atom stereocenters. The van der Waals surface area contributed by atoms with Crippen LogP contribution in [-0.4, -0.2) is 24.2 Å². The van der Waals surface area contributed by atoms with E-state index in [0.29, 0.717) is 16.6 Å². The number of hydrogen-bond donors (Lipinski definition) is 3. The molecule has 2 rings (SSSR count). The molecule has 0 saturated carbocycles. The zero-order valence-electron chi connectivity index (χ0n) is 13.2. The number of aromatic nitrogens is 1. The maximum absolute atomic E-state index is 11.6. The lowest BCUT2D eigenvalue weighted by Crippen LogP contribution is -2.34. The summed E-state index contributed by atoms with van der Waals surface area (Å²) in [6.07, 6.45) is 1.63. The minimum Gasteiger partial charge on any atom is -0.495 e. The van der Waals surface area contributed by atoms with Gasteiger partial charge in [-0.3, -0.25) is 5.32 Å². The monoisotopic (exact) mass is 334 g/mol. The third-order valence-electron chi connectivity index (χ3n) is 2.87. The Morgan fingerprint density at radius 3 is 2.52 bits per heavy atom. The van der Waals surface area contributed by atoms with Gasteiger partial charge in [-0.15, -0.1) is 0 Å². The predicted octanol–water partition coefficient (Wildman–Crippen LogP) is 4.02. The average molecular weight is 335 g/mol. The molecule has 7 heteroatoms. The van der Waals surface area contributed by atoms with Gasteiger partial charge in [0.15, 0.2) is 0 Å². The summed E-state index contributed by atoms with van der Waals surface area (Å²) >= 11 is 6.08. The van der Waals surface area contributed by atoms with Gasteiger partial charge in [0, 0.05) is 11.7 Å². The van der Waals surface area contributed by atoms with Crippen LogP contribution in [0.5, 0.6) is 5.75 Å². The minimum absolute atomic E-state index is 0.0655. The summed E-state index contributed by atoms with van der Waals surface area (Å²) in [6, 6.07) is 8.72. The van der Waals surface area contributed by atoms with E-state index >= 15 is 0 Å². The Bertz CT molecular complexity index is 674. The van der Waals surface area contributed by atoms with E-state index in [1.54, 1.807) is 31.5 Å². The zero-order chi connectivity index (χ0) is 16.8. The molecule has 1 heterocycles. The maximum atomic E-state index is 11.6. The molecule has 3 N–H and O–H groups in total. The SMILES string of the molecule is COc1ccc(Nc2ccc(NC(=O)NC(C)C)nc2)cc1Cl. The number of carbonyl (C=O) groups excluding carboxylic acids is 1. The Kier molecular flexibility index (Phi) is 5.65. The number of anilines is 3. The molecule has 122 valence electrons. The van der Waals surface area contributed by atoms with Crippen molar-refractivity contribution in [1.29, 1.82) is 0 Å². The van der Waals surface area contributed by atoms with Crippen LogP contribution < -0.4 is 20.7 Å². The molecule has 6 nitrogen and oxygen atoms in total. The lowest BCUT2D eigenvalue weighted by molar-refractivity contribution is 0.250. The van der Waals surface area contributed by atoms with Crippen molar-refractivity contribution in [2.45, 2.75) is 19.9 Å². The van der Waals surface area contributed by atoms with Gasteiger partial charge < -0.3 is 15.4 Å². The highest BCUT2D eigenvalue weighted by Gasteiger charge is 2.05. The smallest absolute Gasteiger partial charge is 0.320 e.